The minimum atomic E-state index is -0.00996. The van der Waals surface area contributed by atoms with E-state index in [0.717, 1.165) is 38.4 Å². The van der Waals surface area contributed by atoms with Crippen molar-refractivity contribution in [2.24, 2.45) is 0 Å². The van der Waals surface area contributed by atoms with Crippen LogP contribution in [0, 0.1) is 0 Å². The number of hydrogen-bond donors (Lipinski definition) is 2. The summed E-state index contributed by atoms with van der Waals surface area (Å²) in [7, 11) is 3.93. The summed E-state index contributed by atoms with van der Waals surface area (Å²) in [6, 6.07) is 8.11. The highest BCUT2D eigenvalue weighted by molar-refractivity contribution is 5.92. The van der Waals surface area contributed by atoms with Crippen molar-refractivity contribution in [3.8, 4) is 0 Å². The first-order chi connectivity index (χ1) is 9.67. The quantitative estimate of drug-likeness (QED) is 0.826. The van der Waals surface area contributed by atoms with Crippen molar-refractivity contribution < 1.29 is 4.79 Å². The highest BCUT2D eigenvalue weighted by atomic mass is 16.1. The van der Waals surface area contributed by atoms with Gasteiger partial charge in [0, 0.05) is 38.4 Å². The number of benzene rings is 1. The summed E-state index contributed by atoms with van der Waals surface area (Å²) >= 11 is 0. The summed E-state index contributed by atoms with van der Waals surface area (Å²) < 4.78 is 0. The van der Waals surface area contributed by atoms with E-state index < -0.39 is 0 Å². The molecule has 5 nitrogen and oxygen atoms in total. The fourth-order valence-corrected chi connectivity index (χ4v) is 2.38. The molecule has 110 valence electrons. The molecule has 5 heteroatoms. The van der Waals surface area contributed by atoms with Crippen LogP contribution in [0.25, 0.3) is 0 Å². The average molecular weight is 276 g/mol. The minimum Gasteiger partial charge on any atom is -0.325 e. The number of nitrogens with zero attached hydrogens (tertiary/aromatic N) is 2. The normalized spacial score (nSPS) is 17.1. The third-order valence-corrected chi connectivity index (χ3v) is 3.55. The molecule has 1 aromatic carbocycles. The maximum Gasteiger partial charge on any atom is 0.238 e. The van der Waals surface area contributed by atoms with Gasteiger partial charge in [-0.2, -0.15) is 0 Å². The van der Waals surface area contributed by atoms with Crippen molar-refractivity contribution in [3.05, 3.63) is 29.8 Å². The van der Waals surface area contributed by atoms with E-state index in [-0.39, 0.29) is 5.91 Å². The van der Waals surface area contributed by atoms with Crippen LogP contribution in [0.5, 0.6) is 0 Å². The number of piperazine rings is 1. The van der Waals surface area contributed by atoms with E-state index in [0.29, 0.717) is 6.54 Å². The molecule has 0 radical (unpaired) electrons. The third kappa shape index (κ3) is 4.59. The van der Waals surface area contributed by atoms with Crippen LogP contribution in [0.3, 0.4) is 0 Å². The Morgan fingerprint density at radius 2 is 2.00 bits per heavy atom. The lowest BCUT2D eigenvalue weighted by atomic mass is 10.1. The fraction of sp³-hybridized carbons (Fsp3) is 0.533. The van der Waals surface area contributed by atoms with Crippen molar-refractivity contribution in [2.45, 2.75) is 6.54 Å². The Morgan fingerprint density at radius 3 is 2.70 bits per heavy atom. The summed E-state index contributed by atoms with van der Waals surface area (Å²) in [5, 5.41) is 5.75. The Labute approximate surface area is 120 Å². The van der Waals surface area contributed by atoms with Crippen molar-refractivity contribution in [1.82, 2.24) is 15.1 Å². The van der Waals surface area contributed by atoms with Crippen molar-refractivity contribution in [1.29, 1.82) is 0 Å². The van der Waals surface area contributed by atoms with Crippen LogP contribution in [0.15, 0.2) is 24.3 Å². The van der Waals surface area contributed by atoms with Gasteiger partial charge in [-0.15, -0.1) is 0 Å². The molecule has 0 bridgehead atoms. The molecule has 0 unspecified atom stereocenters. The average Bonchev–Trinajstić information content (AvgIpc) is 2.42. The van der Waals surface area contributed by atoms with Crippen LogP contribution in [0.1, 0.15) is 5.56 Å². The fourth-order valence-electron chi connectivity index (χ4n) is 2.38. The molecule has 1 aliphatic rings. The molecular formula is C15H24N4O. The number of hydrogen-bond acceptors (Lipinski definition) is 4. The Balaban J connectivity index is 1.90. The molecule has 2 rings (SSSR count). The van der Waals surface area contributed by atoms with Gasteiger partial charge in [0.05, 0.1) is 6.54 Å². The van der Waals surface area contributed by atoms with Crippen molar-refractivity contribution in [2.75, 3.05) is 52.1 Å². The molecule has 2 N–H and O–H groups in total. The lowest BCUT2D eigenvalue weighted by Gasteiger charge is -2.32. The van der Waals surface area contributed by atoms with E-state index >= 15 is 0 Å². The van der Waals surface area contributed by atoms with Gasteiger partial charge in [0.15, 0.2) is 0 Å². The number of nitrogens with one attached hydrogen (secondary N) is 2. The molecule has 1 aromatic rings. The monoisotopic (exact) mass is 276 g/mol. The predicted octanol–water partition coefficient (Wildman–Crippen LogP) is 0.592. The van der Waals surface area contributed by atoms with Crippen LogP contribution < -0.4 is 10.6 Å². The summed E-state index contributed by atoms with van der Waals surface area (Å²) in [5.74, 6) is -0.00996. The van der Waals surface area contributed by atoms with E-state index in [1.807, 2.05) is 12.1 Å². The number of likely N-dealkylation sites (N-methyl/N-ethyl adjacent to an activating group) is 2. The van der Waals surface area contributed by atoms with Crippen molar-refractivity contribution in [3.63, 3.8) is 0 Å². The standard InChI is InChI=1S/C15H24N4O/c1-16-11-15(20)17-14-5-3-4-13(10-14)12-19-8-6-18(2)7-9-19/h3-5,10,16H,6-9,11-12H2,1-2H3,(H,17,20). The highest BCUT2D eigenvalue weighted by Gasteiger charge is 2.13. The van der Waals surface area contributed by atoms with Gasteiger partial charge in [-0.05, 0) is 31.8 Å². The van der Waals surface area contributed by atoms with Crippen LogP contribution in [0.4, 0.5) is 5.69 Å². The molecule has 0 atom stereocenters. The van der Waals surface area contributed by atoms with E-state index in [4.69, 9.17) is 0 Å². The van der Waals surface area contributed by atoms with Gasteiger partial charge in [0.25, 0.3) is 0 Å². The van der Waals surface area contributed by atoms with Gasteiger partial charge in [-0.25, -0.2) is 0 Å². The van der Waals surface area contributed by atoms with E-state index in [1.54, 1.807) is 7.05 Å². The number of carbonyl (C=O) groups excluding carboxylic acids is 1. The number of amides is 1. The van der Waals surface area contributed by atoms with E-state index in [9.17, 15) is 4.79 Å². The summed E-state index contributed by atoms with van der Waals surface area (Å²) in [5.41, 5.74) is 2.12. The van der Waals surface area contributed by atoms with E-state index in [1.165, 1.54) is 5.56 Å². The number of carbonyl (C=O) groups is 1. The zero-order valence-electron chi connectivity index (χ0n) is 12.4. The summed E-state index contributed by atoms with van der Waals surface area (Å²) in [6.45, 7) is 5.74. The smallest absolute Gasteiger partial charge is 0.238 e. The molecule has 20 heavy (non-hydrogen) atoms. The van der Waals surface area contributed by atoms with Gasteiger partial charge >= 0.3 is 0 Å². The van der Waals surface area contributed by atoms with Gasteiger partial charge in [-0.1, -0.05) is 12.1 Å². The summed E-state index contributed by atoms with van der Waals surface area (Å²) in [4.78, 5) is 16.4. The predicted molar refractivity (Wildman–Crippen MR) is 81.8 cm³/mol. The number of rotatable bonds is 5. The Morgan fingerprint density at radius 1 is 1.25 bits per heavy atom. The number of anilines is 1. The van der Waals surface area contributed by atoms with Crippen molar-refractivity contribution >= 4 is 11.6 Å². The maximum absolute atomic E-state index is 11.6. The van der Waals surface area contributed by atoms with Gasteiger partial charge in [-0.3, -0.25) is 9.69 Å². The molecule has 0 aromatic heterocycles. The molecule has 0 spiro atoms. The minimum absolute atomic E-state index is 0.00996. The maximum atomic E-state index is 11.6. The lowest BCUT2D eigenvalue weighted by Crippen LogP contribution is -2.43. The first-order valence-corrected chi connectivity index (χ1v) is 7.11. The second-order valence-electron chi connectivity index (χ2n) is 5.36. The lowest BCUT2D eigenvalue weighted by molar-refractivity contribution is -0.115. The van der Waals surface area contributed by atoms with Gasteiger partial charge < -0.3 is 15.5 Å². The SMILES string of the molecule is CNCC(=O)Nc1cccc(CN2CCN(C)CC2)c1. The molecule has 1 saturated heterocycles. The molecule has 1 heterocycles. The second-order valence-corrected chi connectivity index (χ2v) is 5.36. The van der Waals surface area contributed by atoms with Gasteiger partial charge in [0.2, 0.25) is 5.91 Å². The van der Waals surface area contributed by atoms with Gasteiger partial charge in [0.1, 0.15) is 0 Å². The molecule has 0 aliphatic carbocycles. The van der Waals surface area contributed by atoms with Crippen LogP contribution in [-0.4, -0.2) is 62.5 Å². The Hall–Kier alpha value is -1.43. The van der Waals surface area contributed by atoms with Crippen LogP contribution >= 0.6 is 0 Å². The Bertz CT molecular complexity index is 441. The summed E-state index contributed by atoms with van der Waals surface area (Å²) in [6.07, 6.45) is 0. The zero-order valence-corrected chi connectivity index (χ0v) is 12.4. The molecular weight excluding hydrogens is 252 g/mol. The Kier molecular flexibility index (Phi) is 5.52. The molecule has 1 aliphatic heterocycles. The molecule has 1 fully saturated rings. The third-order valence-electron chi connectivity index (χ3n) is 3.55. The van der Waals surface area contributed by atoms with E-state index in [2.05, 4.69) is 39.6 Å². The first-order valence-electron chi connectivity index (χ1n) is 7.11. The molecule has 0 saturated carbocycles. The van der Waals surface area contributed by atoms with Crippen LogP contribution in [0.2, 0.25) is 0 Å². The first kappa shape index (κ1) is 15.0. The van der Waals surface area contributed by atoms with Crippen LogP contribution in [-0.2, 0) is 11.3 Å². The largest absolute Gasteiger partial charge is 0.325 e. The second kappa shape index (κ2) is 7.38. The topological polar surface area (TPSA) is 47.6 Å². The molecule has 1 amide bonds. The zero-order chi connectivity index (χ0) is 14.4. The highest BCUT2D eigenvalue weighted by Crippen LogP contribution is 2.13.